The molecule has 11 heteroatoms. The summed E-state index contributed by atoms with van der Waals surface area (Å²) >= 11 is 1.19. The van der Waals surface area contributed by atoms with Gasteiger partial charge in [0.15, 0.2) is 17.3 Å². The number of aromatic nitrogens is 4. The number of carbonyl (C=O) groups excluding carboxylic acids is 2. The minimum atomic E-state index is -0.977. The molecule has 39 heavy (non-hydrogen) atoms. The van der Waals surface area contributed by atoms with Crippen LogP contribution in [-0.4, -0.2) is 49.6 Å². The summed E-state index contributed by atoms with van der Waals surface area (Å²) in [5, 5.41) is 20.8. The first kappa shape index (κ1) is 26.4. The van der Waals surface area contributed by atoms with E-state index in [2.05, 4.69) is 22.1 Å². The van der Waals surface area contributed by atoms with Crippen molar-refractivity contribution in [1.82, 2.24) is 19.6 Å². The van der Waals surface area contributed by atoms with Gasteiger partial charge in [-0.05, 0) is 57.0 Å². The lowest BCUT2D eigenvalue weighted by molar-refractivity contribution is -0.132. The van der Waals surface area contributed by atoms with Crippen LogP contribution in [-0.2, 0) is 9.59 Å². The number of pyridine rings is 1. The van der Waals surface area contributed by atoms with Crippen LogP contribution in [0, 0.1) is 13.8 Å². The molecule has 0 spiro atoms. The summed E-state index contributed by atoms with van der Waals surface area (Å²) < 4.78 is 13.5. The number of anilines is 1. The van der Waals surface area contributed by atoms with Crippen molar-refractivity contribution >= 4 is 39.6 Å². The molecule has 1 atom stereocenters. The predicted octanol–water partition coefficient (Wildman–Crippen LogP) is 5.01. The van der Waals surface area contributed by atoms with Crippen LogP contribution in [0.15, 0.2) is 48.2 Å². The lowest BCUT2D eigenvalue weighted by Gasteiger charge is -2.23. The van der Waals surface area contributed by atoms with Crippen LogP contribution in [0.3, 0.4) is 0 Å². The Balaban J connectivity index is 1.71. The number of rotatable bonds is 9. The lowest BCUT2D eigenvalue weighted by Crippen LogP contribution is -2.29. The molecule has 4 aromatic rings. The van der Waals surface area contributed by atoms with Gasteiger partial charge in [-0.15, -0.1) is 10.2 Å². The molecular weight excluding hydrogens is 518 g/mol. The van der Waals surface area contributed by atoms with Crippen LogP contribution in [0.5, 0.6) is 11.5 Å². The monoisotopic (exact) mass is 547 g/mol. The number of nitrogens with zero attached hydrogens (tertiary/aromatic N) is 5. The number of hydrogen-bond acceptors (Lipinski definition) is 9. The van der Waals surface area contributed by atoms with Crippen molar-refractivity contribution in [3.8, 4) is 11.5 Å². The molecule has 0 bridgehead atoms. The maximum Gasteiger partial charge on any atom is 0.301 e. The van der Waals surface area contributed by atoms with Gasteiger partial charge in [-0.2, -0.15) is 0 Å². The van der Waals surface area contributed by atoms with Crippen molar-refractivity contribution in [2.45, 2.75) is 46.6 Å². The zero-order chi connectivity index (χ0) is 27.7. The van der Waals surface area contributed by atoms with Crippen molar-refractivity contribution in [2.24, 2.45) is 0 Å². The second kappa shape index (κ2) is 10.9. The van der Waals surface area contributed by atoms with Gasteiger partial charge in [0.25, 0.3) is 5.78 Å². The quantitative estimate of drug-likeness (QED) is 0.134. The summed E-state index contributed by atoms with van der Waals surface area (Å²) in [5.41, 5.74) is 1.95. The fraction of sp³-hybridized carbons (Fsp3) is 0.321. The van der Waals surface area contributed by atoms with Crippen molar-refractivity contribution in [2.75, 3.05) is 18.1 Å². The fourth-order valence-electron chi connectivity index (χ4n) is 4.66. The van der Waals surface area contributed by atoms with Crippen molar-refractivity contribution in [1.29, 1.82) is 0 Å². The highest BCUT2D eigenvalue weighted by Gasteiger charge is 2.49. The highest BCUT2D eigenvalue weighted by atomic mass is 32.1. The maximum atomic E-state index is 13.6. The Bertz CT molecular complexity index is 1590. The molecule has 1 aromatic carbocycles. The van der Waals surface area contributed by atoms with Crippen LogP contribution < -0.4 is 14.4 Å². The number of Topliss-reactive ketones (excluding diaryl/α,β-unsaturated/α-hetero) is 1. The SMILES string of the molecule is CCCCOc1ccc(C2C(=C(O)c3c(C)nc4ccccn34)C(=O)C(=O)N2c2nnc(C)s2)cc1OCC. The summed E-state index contributed by atoms with van der Waals surface area (Å²) in [4.78, 5) is 32.9. The number of aliphatic hydroxyl groups excluding tert-OH is 1. The van der Waals surface area contributed by atoms with E-state index < -0.39 is 17.7 Å². The van der Waals surface area contributed by atoms with Crippen LogP contribution in [0.2, 0.25) is 0 Å². The third kappa shape index (κ3) is 4.74. The summed E-state index contributed by atoms with van der Waals surface area (Å²) in [7, 11) is 0. The number of fused-ring (bicyclic) bond motifs is 1. The van der Waals surface area contributed by atoms with Gasteiger partial charge in [0.05, 0.1) is 30.5 Å². The summed E-state index contributed by atoms with van der Waals surface area (Å²) in [6, 6.07) is 9.75. The van der Waals surface area contributed by atoms with E-state index >= 15 is 0 Å². The first-order valence-electron chi connectivity index (χ1n) is 12.8. The molecule has 0 saturated carbocycles. The molecule has 3 aromatic heterocycles. The van der Waals surface area contributed by atoms with Gasteiger partial charge in [-0.1, -0.05) is 36.8 Å². The summed E-state index contributed by atoms with van der Waals surface area (Å²) in [6.07, 6.45) is 3.63. The topological polar surface area (TPSA) is 119 Å². The first-order valence-corrected chi connectivity index (χ1v) is 13.6. The average molecular weight is 548 g/mol. The largest absolute Gasteiger partial charge is 0.505 e. The maximum absolute atomic E-state index is 13.6. The van der Waals surface area contributed by atoms with Gasteiger partial charge >= 0.3 is 5.91 Å². The Morgan fingerprint density at radius 1 is 1.08 bits per heavy atom. The highest BCUT2D eigenvalue weighted by molar-refractivity contribution is 7.15. The number of benzene rings is 1. The number of hydrogen-bond donors (Lipinski definition) is 1. The minimum absolute atomic E-state index is 0.0660. The van der Waals surface area contributed by atoms with Crippen molar-refractivity contribution in [3.63, 3.8) is 0 Å². The van der Waals surface area contributed by atoms with Crippen LogP contribution in [0.1, 0.15) is 54.7 Å². The summed E-state index contributed by atoms with van der Waals surface area (Å²) in [6.45, 7) is 8.39. The molecule has 202 valence electrons. The normalized spacial score (nSPS) is 16.8. The zero-order valence-electron chi connectivity index (χ0n) is 22.2. The molecule has 4 heterocycles. The van der Waals surface area contributed by atoms with E-state index in [1.165, 1.54) is 16.2 Å². The average Bonchev–Trinajstić information content (AvgIpc) is 3.57. The third-order valence-corrected chi connectivity index (χ3v) is 7.27. The fourth-order valence-corrected chi connectivity index (χ4v) is 5.38. The number of amides is 1. The van der Waals surface area contributed by atoms with Crippen LogP contribution >= 0.6 is 11.3 Å². The van der Waals surface area contributed by atoms with Crippen LogP contribution in [0.25, 0.3) is 11.4 Å². The predicted molar refractivity (Wildman–Crippen MR) is 147 cm³/mol. The van der Waals surface area contributed by atoms with Gasteiger partial charge in [0, 0.05) is 6.20 Å². The lowest BCUT2D eigenvalue weighted by atomic mass is 9.96. The standard InChI is InChI=1S/C28H29N5O5S/c1-5-7-14-38-19-12-11-18(15-20(19)37-6-2)24-22(26(35)27(36)33(24)28-31-30-17(4)39-28)25(34)23-16(3)29-21-10-8-9-13-32(21)23/h8-13,15,24,34H,5-7,14H2,1-4H3. The molecule has 1 saturated heterocycles. The van der Waals surface area contributed by atoms with Gasteiger partial charge < -0.3 is 14.6 Å². The second-order valence-electron chi connectivity index (χ2n) is 9.09. The number of aryl methyl sites for hydroxylation is 2. The highest BCUT2D eigenvalue weighted by Crippen LogP contribution is 2.45. The molecule has 0 radical (unpaired) electrons. The molecular formula is C28H29N5O5S. The zero-order valence-corrected chi connectivity index (χ0v) is 23.0. The Morgan fingerprint density at radius 2 is 1.90 bits per heavy atom. The van der Waals surface area contributed by atoms with Crippen molar-refractivity contribution in [3.05, 3.63) is 70.1 Å². The Labute approximate surface area is 229 Å². The smallest absolute Gasteiger partial charge is 0.301 e. The molecule has 1 N–H and O–H groups in total. The summed E-state index contributed by atoms with van der Waals surface area (Å²) in [5.74, 6) is -0.895. The van der Waals surface area contributed by atoms with E-state index in [-0.39, 0.29) is 16.5 Å². The van der Waals surface area contributed by atoms with E-state index in [0.717, 1.165) is 12.8 Å². The molecule has 10 nitrogen and oxygen atoms in total. The van der Waals surface area contributed by atoms with E-state index in [0.29, 0.717) is 52.3 Å². The van der Waals surface area contributed by atoms with E-state index in [4.69, 9.17) is 9.47 Å². The number of ketones is 1. The first-order chi connectivity index (χ1) is 18.8. The number of ether oxygens (including phenoxy) is 2. The number of imidazole rings is 1. The molecule has 1 fully saturated rings. The van der Waals surface area contributed by atoms with E-state index in [1.807, 2.05) is 13.0 Å². The molecule has 1 aliphatic rings. The van der Waals surface area contributed by atoms with Gasteiger partial charge in [-0.3, -0.25) is 18.9 Å². The Hall–Kier alpha value is -4.25. The van der Waals surface area contributed by atoms with Gasteiger partial charge in [-0.25, -0.2) is 4.98 Å². The molecule has 1 aliphatic heterocycles. The van der Waals surface area contributed by atoms with Crippen molar-refractivity contribution < 1.29 is 24.2 Å². The Morgan fingerprint density at radius 3 is 2.62 bits per heavy atom. The number of aliphatic hydroxyl groups is 1. The molecule has 5 rings (SSSR count). The van der Waals surface area contributed by atoms with Crippen LogP contribution in [0.4, 0.5) is 5.13 Å². The Kier molecular flexibility index (Phi) is 7.34. The minimum Gasteiger partial charge on any atom is -0.505 e. The second-order valence-corrected chi connectivity index (χ2v) is 10.2. The number of unbranched alkanes of at least 4 members (excludes halogenated alkanes) is 1. The third-order valence-electron chi connectivity index (χ3n) is 6.43. The van der Waals surface area contributed by atoms with E-state index in [9.17, 15) is 14.7 Å². The molecule has 1 amide bonds. The van der Waals surface area contributed by atoms with Gasteiger partial charge in [0.2, 0.25) is 5.13 Å². The molecule has 0 aliphatic carbocycles. The molecule has 1 unspecified atom stereocenters. The van der Waals surface area contributed by atoms with Gasteiger partial charge in [0.1, 0.15) is 16.3 Å². The number of carbonyl (C=O) groups is 2. The van der Waals surface area contributed by atoms with E-state index in [1.54, 1.807) is 54.8 Å².